The quantitative estimate of drug-likeness (QED) is 0.118. The summed E-state index contributed by atoms with van der Waals surface area (Å²) in [7, 11) is 0. The highest BCUT2D eigenvalue weighted by molar-refractivity contribution is 6.00. The van der Waals surface area contributed by atoms with E-state index in [4.69, 9.17) is 22.2 Å². The lowest BCUT2D eigenvalue weighted by Crippen LogP contribution is -1.88. The molecule has 7 nitrogen and oxygen atoms in total. The molecule has 0 amide bonds. The zero-order valence-electron chi connectivity index (χ0n) is 23.7. The normalized spacial score (nSPS) is 11.8. The number of nitrogens with two attached hydrogens (primary N) is 3. The van der Waals surface area contributed by atoms with Gasteiger partial charge in [-0.1, -0.05) is 36.4 Å². The summed E-state index contributed by atoms with van der Waals surface area (Å²) in [6, 6.07) is 36.5. The minimum atomic E-state index is 0.711. The summed E-state index contributed by atoms with van der Waals surface area (Å²) >= 11 is 0. The summed E-state index contributed by atoms with van der Waals surface area (Å²) < 4.78 is 0. The van der Waals surface area contributed by atoms with Gasteiger partial charge >= 0.3 is 0 Å². The second-order valence-corrected chi connectivity index (χ2v) is 11.1. The predicted octanol–water partition coefficient (Wildman–Crippen LogP) is 8.44. The number of aromatic nitrogens is 4. The molecule has 0 radical (unpaired) electrons. The maximum absolute atomic E-state index is 6.09. The fourth-order valence-corrected chi connectivity index (χ4v) is 6.02. The van der Waals surface area contributed by atoms with Crippen LogP contribution in [0.4, 0.5) is 17.1 Å². The van der Waals surface area contributed by atoms with Gasteiger partial charge in [-0.15, -0.1) is 0 Å². The molecule has 0 spiro atoms. The fraction of sp³-hybridized carbons (Fsp3) is 0. The van der Waals surface area contributed by atoms with Gasteiger partial charge in [-0.2, -0.15) is 0 Å². The first-order chi connectivity index (χ1) is 21.5. The minimum Gasteiger partial charge on any atom is -0.399 e. The first kappa shape index (κ1) is 25.5. The number of anilines is 3. The molecule has 0 aliphatic carbocycles. The first-order valence-corrected chi connectivity index (χ1v) is 14.4. The van der Waals surface area contributed by atoms with Gasteiger partial charge < -0.3 is 32.2 Å². The smallest absolute Gasteiger partial charge is 0.0872 e. The molecule has 8 rings (SSSR count). The van der Waals surface area contributed by atoms with Crippen LogP contribution in [0, 0.1) is 0 Å². The van der Waals surface area contributed by atoms with E-state index < -0.39 is 0 Å². The number of hydrogen-bond donors (Lipinski definition) is 6. The summed E-state index contributed by atoms with van der Waals surface area (Å²) in [5.41, 5.74) is 34.0. The highest BCUT2D eigenvalue weighted by atomic mass is 14.8. The Balaban J connectivity index is 1.55. The Morgan fingerprint density at radius 1 is 0.341 bits per heavy atom. The average molecular weight is 572 g/mol. The fourth-order valence-electron chi connectivity index (χ4n) is 6.02. The molecule has 1 aliphatic rings. The summed E-state index contributed by atoms with van der Waals surface area (Å²) in [6.45, 7) is 0. The largest absolute Gasteiger partial charge is 0.399 e. The maximum atomic E-state index is 6.09. The van der Waals surface area contributed by atoms with E-state index >= 15 is 0 Å². The standard InChI is InChI=1S/C37H29N7/c38-24-7-1-21(2-8-24)35-29-15-13-27(41-29)28-14-16-30(42-28)36(22-3-9-25(39)10-4-22)32-18-20-34(44-32)37(33-19-17-31(35)43-33)23-5-11-26(40)12-6-23/h1-20,41,43-44H,38-40H2. The molecule has 212 valence electrons. The first-order valence-electron chi connectivity index (χ1n) is 14.4. The Labute approximate surface area is 253 Å². The maximum Gasteiger partial charge on any atom is 0.0872 e. The number of nitrogens with one attached hydrogen (secondary N) is 3. The molecule has 0 fully saturated rings. The lowest BCUT2D eigenvalue weighted by molar-refractivity contribution is 1.32. The zero-order chi connectivity index (χ0) is 29.8. The number of H-pyrrole nitrogens is 3. The molecule has 0 atom stereocenters. The molecule has 44 heavy (non-hydrogen) atoms. The van der Waals surface area contributed by atoms with E-state index in [1.165, 1.54) is 0 Å². The van der Waals surface area contributed by atoms with E-state index in [1.807, 2.05) is 48.5 Å². The van der Waals surface area contributed by atoms with Crippen molar-refractivity contribution in [3.8, 4) is 33.4 Å². The number of rotatable bonds is 3. The molecule has 7 aromatic rings. The van der Waals surface area contributed by atoms with Crippen molar-refractivity contribution in [2.45, 2.75) is 0 Å². The molecule has 5 heterocycles. The number of nitrogens with zero attached hydrogens (tertiary/aromatic N) is 1. The van der Waals surface area contributed by atoms with Crippen LogP contribution in [-0.4, -0.2) is 19.9 Å². The Morgan fingerprint density at radius 2 is 0.659 bits per heavy atom. The summed E-state index contributed by atoms with van der Waals surface area (Å²) in [6.07, 6.45) is 4.12. The highest BCUT2D eigenvalue weighted by Gasteiger charge is 2.15. The van der Waals surface area contributed by atoms with E-state index in [9.17, 15) is 0 Å². The molecule has 3 aromatic carbocycles. The molecule has 0 saturated carbocycles. The van der Waals surface area contributed by atoms with Gasteiger partial charge in [0, 0.05) is 61.3 Å². The summed E-state index contributed by atoms with van der Waals surface area (Å²) in [5.74, 6) is 0. The van der Waals surface area contributed by atoms with Crippen molar-refractivity contribution < 1.29 is 0 Å². The molecule has 0 unspecified atom stereocenters. The van der Waals surface area contributed by atoms with Crippen molar-refractivity contribution in [3.63, 3.8) is 0 Å². The van der Waals surface area contributed by atoms with Crippen LogP contribution in [-0.2, 0) is 0 Å². The molecule has 8 bridgehead atoms. The molecule has 1 aliphatic heterocycles. The van der Waals surface area contributed by atoms with Crippen molar-refractivity contribution >= 4 is 62.3 Å². The van der Waals surface area contributed by atoms with Crippen molar-refractivity contribution in [1.82, 2.24) is 19.9 Å². The highest BCUT2D eigenvalue weighted by Crippen LogP contribution is 2.36. The second kappa shape index (κ2) is 9.96. The number of aromatic amines is 3. The van der Waals surface area contributed by atoms with Gasteiger partial charge in [-0.25, -0.2) is 4.98 Å². The minimum absolute atomic E-state index is 0.711. The van der Waals surface area contributed by atoms with Gasteiger partial charge in [-0.3, -0.25) is 0 Å². The van der Waals surface area contributed by atoms with Crippen LogP contribution in [0.25, 0.3) is 78.6 Å². The molecule has 0 saturated heterocycles. The molecule has 4 aromatic heterocycles. The van der Waals surface area contributed by atoms with E-state index in [-0.39, 0.29) is 0 Å². The number of fused-ring (bicyclic) bond motifs is 9. The molecule has 7 heteroatoms. The zero-order valence-corrected chi connectivity index (χ0v) is 23.7. The van der Waals surface area contributed by atoms with E-state index in [0.29, 0.717) is 17.1 Å². The van der Waals surface area contributed by atoms with E-state index in [0.717, 1.165) is 77.9 Å². The Bertz CT molecular complexity index is 2330. The van der Waals surface area contributed by atoms with Gasteiger partial charge in [0.15, 0.2) is 0 Å². The average Bonchev–Trinajstić information content (AvgIpc) is 3.85. The van der Waals surface area contributed by atoms with Crippen LogP contribution >= 0.6 is 0 Å². The third-order valence-corrected chi connectivity index (χ3v) is 8.17. The van der Waals surface area contributed by atoms with Crippen molar-refractivity contribution in [2.75, 3.05) is 17.2 Å². The SMILES string of the molecule is Nc1ccc(-c2c3nc(c4ccc([nH]4)c(-c4ccc(N)cc4)c4ccc([nH]4)c(-c4ccc(N)cc4)c4ccc2[nH]4)C=C3)cc1. The molecular formula is C37H29N7. The number of hydrogen-bond acceptors (Lipinski definition) is 4. The van der Waals surface area contributed by atoms with Crippen LogP contribution < -0.4 is 17.2 Å². The Hall–Kier alpha value is -6.21. The van der Waals surface area contributed by atoms with Gasteiger partial charge in [0.1, 0.15) is 0 Å². The lowest BCUT2D eigenvalue weighted by Gasteiger charge is -2.06. The number of benzene rings is 3. The molecule has 9 N–H and O–H groups in total. The number of nitrogen functional groups attached to an aromatic ring is 3. The van der Waals surface area contributed by atoms with Gasteiger partial charge in [-0.05, 0) is 102 Å². The Kier molecular flexibility index (Phi) is 5.77. The van der Waals surface area contributed by atoms with Crippen molar-refractivity contribution in [2.24, 2.45) is 0 Å². The van der Waals surface area contributed by atoms with Crippen LogP contribution in [0.15, 0.2) is 109 Å². The van der Waals surface area contributed by atoms with Crippen LogP contribution in [0.2, 0.25) is 0 Å². The predicted molar refractivity (Wildman–Crippen MR) is 185 cm³/mol. The monoisotopic (exact) mass is 571 g/mol. The van der Waals surface area contributed by atoms with Crippen LogP contribution in [0.5, 0.6) is 0 Å². The van der Waals surface area contributed by atoms with Gasteiger partial charge in [0.25, 0.3) is 0 Å². The van der Waals surface area contributed by atoms with E-state index in [1.54, 1.807) is 0 Å². The topological polar surface area (TPSA) is 138 Å². The Morgan fingerprint density at radius 3 is 1.09 bits per heavy atom. The van der Waals surface area contributed by atoms with E-state index in [2.05, 4.69) is 87.8 Å². The summed E-state index contributed by atoms with van der Waals surface area (Å²) in [5, 5.41) is 0. The van der Waals surface area contributed by atoms with Crippen molar-refractivity contribution in [3.05, 3.63) is 121 Å². The van der Waals surface area contributed by atoms with Gasteiger partial charge in [0.2, 0.25) is 0 Å². The van der Waals surface area contributed by atoms with Crippen LogP contribution in [0.3, 0.4) is 0 Å². The van der Waals surface area contributed by atoms with Crippen molar-refractivity contribution in [1.29, 1.82) is 0 Å². The molecular weight excluding hydrogens is 542 g/mol. The summed E-state index contributed by atoms with van der Waals surface area (Å²) in [4.78, 5) is 16.2. The second-order valence-electron chi connectivity index (χ2n) is 11.1. The third-order valence-electron chi connectivity index (χ3n) is 8.17. The van der Waals surface area contributed by atoms with Gasteiger partial charge in [0.05, 0.1) is 16.9 Å². The lowest BCUT2D eigenvalue weighted by atomic mass is 10.0. The van der Waals surface area contributed by atoms with Crippen LogP contribution in [0.1, 0.15) is 11.4 Å². The third kappa shape index (κ3) is 4.35.